The maximum Gasteiger partial charge on any atom is 0.344 e. The zero-order chi connectivity index (χ0) is 20.2. The van der Waals surface area contributed by atoms with Crippen LogP contribution in [-0.2, 0) is 33.6 Å². The van der Waals surface area contributed by atoms with E-state index >= 15 is 0 Å². The van der Waals surface area contributed by atoms with Crippen molar-refractivity contribution < 1.29 is 19.1 Å². The van der Waals surface area contributed by atoms with Crippen LogP contribution in [-0.4, -0.2) is 24.6 Å². The number of ether oxygens (including phenoxy) is 2. The predicted molar refractivity (Wildman–Crippen MR) is 110 cm³/mol. The second-order valence-electron chi connectivity index (χ2n) is 7.86. The molecule has 152 valence electrons. The maximum atomic E-state index is 12.5. The van der Waals surface area contributed by atoms with Crippen molar-refractivity contribution in [2.24, 2.45) is 0 Å². The van der Waals surface area contributed by atoms with E-state index in [9.17, 15) is 9.59 Å². The van der Waals surface area contributed by atoms with Gasteiger partial charge in [-0.25, -0.2) is 4.79 Å². The Morgan fingerprint density at radius 1 is 1.03 bits per heavy atom. The standard InChI is InChI=1S/C24H27NO4/c1-16(24(27)25-22-11-5-8-18-6-2-3-10-21(18)22)29-23(26)15-28-20-13-12-17-7-4-9-19(17)14-20/h2-3,6,10,12-14,16,22H,4-5,7-9,11,15H2,1H3,(H,25,27)/t16-,22+/m0/s1. The Labute approximate surface area is 171 Å². The lowest BCUT2D eigenvalue weighted by atomic mass is 9.87. The van der Waals surface area contributed by atoms with Crippen molar-refractivity contribution >= 4 is 11.9 Å². The molecule has 29 heavy (non-hydrogen) atoms. The maximum absolute atomic E-state index is 12.5. The molecule has 0 aliphatic heterocycles. The van der Waals surface area contributed by atoms with E-state index in [0.29, 0.717) is 5.75 Å². The lowest BCUT2D eigenvalue weighted by Gasteiger charge is -2.27. The molecule has 1 N–H and O–H groups in total. The number of nitrogens with one attached hydrogen (secondary N) is 1. The summed E-state index contributed by atoms with van der Waals surface area (Å²) >= 11 is 0. The lowest BCUT2D eigenvalue weighted by Crippen LogP contribution is -2.39. The van der Waals surface area contributed by atoms with Crippen molar-refractivity contribution in [3.05, 3.63) is 64.7 Å². The van der Waals surface area contributed by atoms with Crippen molar-refractivity contribution in [1.29, 1.82) is 0 Å². The van der Waals surface area contributed by atoms with Gasteiger partial charge in [-0.05, 0) is 79.8 Å². The molecule has 0 fully saturated rings. The van der Waals surface area contributed by atoms with E-state index in [1.165, 1.54) is 23.1 Å². The fourth-order valence-electron chi connectivity index (χ4n) is 4.26. The SMILES string of the molecule is C[C@H](OC(=O)COc1ccc2c(c1)CCC2)C(=O)N[C@@H]1CCCc2ccccc21. The Bertz CT molecular complexity index is 908. The van der Waals surface area contributed by atoms with Crippen LogP contribution in [0.4, 0.5) is 0 Å². The van der Waals surface area contributed by atoms with Crippen LogP contribution in [0.2, 0.25) is 0 Å². The molecule has 2 aliphatic carbocycles. The number of benzene rings is 2. The number of hydrogen-bond acceptors (Lipinski definition) is 4. The topological polar surface area (TPSA) is 64.6 Å². The first-order chi connectivity index (χ1) is 14.1. The molecule has 0 heterocycles. The summed E-state index contributed by atoms with van der Waals surface area (Å²) in [6.07, 6.45) is 5.43. The Hall–Kier alpha value is -2.82. The minimum Gasteiger partial charge on any atom is -0.482 e. The zero-order valence-electron chi connectivity index (χ0n) is 16.8. The zero-order valence-corrected chi connectivity index (χ0v) is 16.8. The Morgan fingerprint density at radius 2 is 1.83 bits per heavy atom. The molecule has 0 spiro atoms. The summed E-state index contributed by atoms with van der Waals surface area (Å²) < 4.78 is 10.8. The van der Waals surface area contributed by atoms with Gasteiger partial charge in [0.15, 0.2) is 12.7 Å². The van der Waals surface area contributed by atoms with Crippen LogP contribution in [0.25, 0.3) is 0 Å². The van der Waals surface area contributed by atoms with Gasteiger partial charge < -0.3 is 14.8 Å². The van der Waals surface area contributed by atoms with Gasteiger partial charge in [0.05, 0.1) is 6.04 Å². The molecule has 0 saturated heterocycles. The minimum atomic E-state index is -0.861. The predicted octanol–water partition coefficient (Wildman–Crippen LogP) is 3.68. The minimum absolute atomic E-state index is 0.0312. The molecule has 2 atom stereocenters. The van der Waals surface area contributed by atoms with Gasteiger partial charge in [0, 0.05) is 0 Å². The lowest BCUT2D eigenvalue weighted by molar-refractivity contribution is -0.156. The molecule has 5 nitrogen and oxygen atoms in total. The van der Waals surface area contributed by atoms with Gasteiger partial charge in [0.1, 0.15) is 5.75 Å². The number of hydrogen-bond donors (Lipinski definition) is 1. The molecule has 5 heteroatoms. The third-order valence-electron chi connectivity index (χ3n) is 5.79. The Morgan fingerprint density at radius 3 is 2.72 bits per heavy atom. The van der Waals surface area contributed by atoms with E-state index in [-0.39, 0.29) is 18.6 Å². The smallest absolute Gasteiger partial charge is 0.344 e. The van der Waals surface area contributed by atoms with Crippen LogP contribution in [0.1, 0.15) is 54.5 Å². The molecule has 0 saturated carbocycles. The van der Waals surface area contributed by atoms with E-state index in [0.717, 1.165) is 37.7 Å². The number of carbonyl (C=O) groups is 2. The number of rotatable bonds is 6. The summed E-state index contributed by atoms with van der Waals surface area (Å²) in [6, 6.07) is 14.1. The highest BCUT2D eigenvalue weighted by Crippen LogP contribution is 2.29. The van der Waals surface area contributed by atoms with Crippen molar-refractivity contribution in [3.8, 4) is 5.75 Å². The van der Waals surface area contributed by atoms with Gasteiger partial charge in [-0.1, -0.05) is 30.3 Å². The summed E-state index contributed by atoms with van der Waals surface area (Å²) in [7, 11) is 0. The summed E-state index contributed by atoms with van der Waals surface area (Å²) in [4.78, 5) is 24.7. The highest BCUT2D eigenvalue weighted by Gasteiger charge is 2.25. The molecule has 2 aliphatic rings. The molecule has 2 aromatic rings. The molecule has 0 unspecified atom stereocenters. The van der Waals surface area contributed by atoms with Gasteiger partial charge in [-0.15, -0.1) is 0 Å². The van der Waals surface area contributed by atoms with Gasteiger partial charge in [-0.2, -0.15) is 0 Å². The van der Waals surface area contributed by atoms with E-state index in [2.05, 4.69) is 23.5 Å². The van der Waals surface area contributed by atoms with Crippen LogP contribution in [0.5, 0.6) is 5.75 Å². The quantitative estimate of drug-likeness (QED) is 0.761. The number of esters is 1. The van der Waals surface area contributed by atoms with Crippen molar-refractivity contribution in [2.45, 2.75) is 57.6 Å². The Balaban J connectivity index is 1.27. The van der Waals surface area contributed by atoms with Gasteiger partial charge in [0.2, 0.25) is 0 Å². The van der Waals surface area contributed by atoms with Crippen molar-refractivity contribution in [2.75, 3.05) is 6.61 Å². The van der Waals surface area contributed by atoms with Crippen LogP contribution < -0.4 is 10.1 Å². The summed E-state index contributed by atoms with van der Waals surface area (Å²) in [6.45, 7) is 1.39. The molecule has 0 aromatic heterocycles. The molecular formula is C24H27NO4. The summed E-state index contributed by atoms with van der Waals surface area (Å²) in [5.74, 6) is -0.159. The van der Waals surface area contributed by atoms with Gasteiger partial charge >= 0.3 is 5.97 Å². The van der Waals surface area contributed by atoms with E-state index < -0.39 is 12.1 Å². The van der Waals surface area contributed by atoms with Gasteiger partial charge in [0.25, 0.3) is 5.91 Å². The average molecular weight is 393 g/mol. The third kappa shape index (κ3) is 4.61. The van der Waals surface area contributed by atoms with Crippen LogP contribution in [0.3, 0.4) is 0 Å². The third-order valence-corrected chi connectivity index (χ3v) is 5.79. The number of carbonyl (C=O) groups excluding carboxylic acids is 2. The number of fused-ring (bicyclic) bond motifs is 2. The van der Waals surface area contributed by atoms with Crippen LogP contribution >= 0.6 is 0 Å². The fraction of sp³-hybridized carbons (Fsp3) is 0.417. The largest absolute Gasteiger partial charge is 0.482 e. The van der Waals surface area contributed by atoms with Crippen LogP contribution in [0, 0.1) is 0 Å². The second-order valence-corrected chi connectivity index (χ2v) is 7.86. The summed E-state index contributed by atoms with van der Waals surface area (Å²) in [5.41, 5.74) is 5.08. The first-order valence-corrected chi connectivity index (χ1v) is 10.4. The molecule has 2 aromatic carbocycles. The second kappa shape index (κ2) is 8.68. The monoisotopic (exact) mass is 393 g/mol. The fourth-order valence-corrected chi connectivity index (χ4v) is 4.26. The summed E-state index contributed by atoms with van der Waals surface area (Å²) in [5, 5.41) is 3.03. The van der Waals surface area contributed by atoms with Gasteiger partial charge in [-0.3, -0.25) is 4.79 Å². The van der Waals surface area contributed by atoms with E-state index in [1.54, 1.807) is 6.92 Å². The van der Waals surface area contributed by atoms with Crippen molar-refractivity contribution in [3.63, 3.8) is 0 Å². The Kier molecular flexibility index (Phi) is 5.84. The van der Waals surface area contributed by atoms with E-state index in [1.807, 2.05) is 24.3 Å². The molecule has 4 rings (SSSR count). The molecule has 0 radical (unpaired) electrons. The highest BCUT2D eigenvalue weighted by atomic mass is 16.6. The molecule has 1 amide bonds. The van der Waals surface area contributed by atoms with E-state index in [4.69, 9.17) is 9.47 Å². The normalized spacial score (nSPS) is 18.3. The first-order valence-electron chi connectivity index (χ1n) is 10.4. The average Bonchev–Trinajstić information content (AvgIpc) is 3.20. The van der Waals surface area contributed by atoms with Crippen molar-refractivity contribution in [1.82, 2.24) is 5.32 Å². The highest BCUT2D eigenvalue weighted by molar-refractivity contribution is 5.84. The number of aryl methyl sites for hydroxylation is 3. The number of amides is 1. The molecule has 0 bridgehead atoms. The first kappa shape index (κ1) is 19.5. The molecular weight excluding hydrogens is 366 g/mol. The van der Waals surface area contributed by atoms with Crippen LogP contribution in [0.15, 0.2) is 42.5 Å².